The fourth-order valence-corrected chi connectivity index (χ4v) is 7.22. The van der Waals surface area contributed by atoms with Gasteiger partial charge >= 0.3 is 0 Å². The molecular formula is C30H32F2N6O2S. The van der Waals surface area contributed by atoms with E-state index in [1.165, 1.54) is 0 Å². The summed E-state index contributed by atoms with van der Waals surface area (Å²) in [6.45, 7) is 4.61. The molecule has 3 aromatic heterocycles. The number of aromatic nitrogens is 3. The summed E-state index contributed by atoms with van der Waals surface area (Å²) in [5, 5.41) is 1.04. The molecule has 2 atom stereocenters. The minimum atomic E-state index is -1.01. The Bertz CT molecular complexity index is 1650. The van der Waals surface area contributed by atoms with Crippen LogP contribution in [-0.2, 0) is 13.1 Å². The van der Waals surface area contributed by atoms with Crippen molar-refractivity contribution in [2.75, 3.05) is 36.6 Å². The number of halogens is 2. The molecule has 2 N–H and O–H groups in total. The van der Waals surface area contributed by atoms with Crippen molar-refractivity contribution in [1.82, 2.24) is 19.4 Å². The van der Waals surface area contributed by atoms with Crippen molar-refractivity contribution in [3.05, 3.63) is 81.8 Å². The maximum absolute atomic E-state index is 14.4. The average molecular weight is 579 g/mol. The van der Waals surface area contributed by atoms with Crippen molar-refractivity contribution in [3.8, 4) is 5.88 Å². The Morgan fingerprint density at radius 2 is 1.98 bits per heavy atom. The second kappa shape index (κ2) is 11.3. The molecule has 4 aromatic rings. The first kappa shape index (κ1) is 27.5. The van der Waals surface area contributed by atoms with Gasteiger partial charge < -0.3 is 19.9 Å². The van der Waals surface area contributed by atoms with E-state index in [4.69, 9.17) is 10.5 Å². The van der Waals surface area contributed by atoms with E-state index in [0.29, 0.717) is 35.9 Å². The highest BCUT2D eigenvalue weighted by molar-refractivity contribution is 7.99. The van der Waals surface area contributed by atoms with Gasteiger partial charge in [0.15, 0.2) is 17.1 Å². The molecule has 1 saturated heterocycles. The lowest BCUT2D eigenvalue weighted by Crippen LogP contribution is -2.48. The molecule has 0 aliphatic carbocycles. The van der Waals surface area contributed by atoms with E-state index < -0.39 is 11.6 Å². The minimum absolute atomic E-state index is 0.0443. The molecule has 5 heterocycles. The number of thioether (sulfide) groups is 1. The fraction of sp³-hybridized carbons (Fsp3) is 0.367. The standard InChI is InChI=1S/C30H32F2N6O2S/c1-18-17-41-30-23(29(39)22-11-24(31)25(32)12-26(22)38(18)30)16-37(14-19-7-8-34-28(10-19)40-2)21-4-3-9-36(15-21)20-5-6-27(33)35-13-20/h5-8,10-13,18,21H,3-4,9,14-17H2,1-2H3,(H2,33,35)/t18?,21-/m0/s1. The first-order valence-corrected chi connectivity index (χ1v) is 14.7. The zero-order valence-corrected chi connectivity index (χ0v) is 23.8. The Kier molecular flexibility index (Phi) is 7.56. The van der Waals surface area contributed by atoms with Gasteiger partial charge in [-0.05, 0) is 49.6 Å². The quantitative estimate of drug-likeness (QED) is 0.328. The van der Waals surface area contributed by atoms with Gasteiger partial charge in [0, 0.05) is 73.3 Å². The molecule has 8 nitrogen and oxygen atoms in total. The van der Waals surface area contributed by atoms with Gasteiger partial charge in [-0.1, -0.05) is 0 Å². The van der Waals surface area contributed by atoms with Crippen molar-refractivity contribution in [2.45, 2.75) is 50.0 Å². The second-order valence-corrected chi connectivity index (χ2v) is 11.7. The Morgan fingerprint density at radius 1 is 1.15 bits per heavy atom. The topological polar surface area (TPSA) is 89.5 Å². The van der Waals surface area contributed by atoms with E-state index in [-0.39, 0.29) is 22.9 Å². The summed E-state index contributed by atoms with van der Waals surface area (Å²) in [6, 6.07) is 10.0. The predicted octanol–water partition coefficient (Wildman–Crippen LogP) is 5.00. The maximum atomic E-state index is 14.4. The van der Waals surface area contributed by atoms with Gasteiger partial charge in [0.2, 0.25) is 5.88 Å². The van der Waals surface area contributed by atoms with Crippen molar-refractivity contribution >= 4 is 34.2 Å². The number of fused-ring (bicyclic) bond motifs is 3. The number of methoxy groups -OCH3 is 1. The molecule has 0 radical (unpaired) electrons. The van der Waals surface area contributed by atoms with Crippen LogP contribution in [0.4, 0.5) is 20.3 Å². The van der Waals surface area contributed by atoms with Gasteiger partial charge in [0.1, 0.15) is 5.82 Å². The zero-order valence-electron chi connectivity index (χ0n) is 23.0. The molecule has 0 saturated carbocycles. The number of hydrogen-bond acceptors (Lipinski definition) is 8. The smallest absolute Gasteiger partial charge is 0.213 e. The summed E-state index contributed by atoms with van der Waals surface area (Å²) in [4.78, 5) is 27.1. The molecular weight excluding hydrogens is 546 g/mol. The van der Waals surface area contributed by atoms with Crippen LogP contribution in [0.3, 0.4) is 0 Å². The van der Waals surface area contributed by atoms with Crippen molar-refractivity contribution in [3.63, 3.8) is 0 Å². The molecule has 1 aromatic carbocycles. The molecule has 1 unspecified atom stereocenters. The van der Waals surface area contributed by atoms with E-state index in [0.717, 1.165) is 60.1 Å². The zero-order chi connectivity index (χ0) is 28.7. The summed E-state index contributed by atoms with van der Waals surface area (Å²) in [5.41, 5.74) is 8.64. The first-order valence-electron chi connectivity index (χ1n) is 13.7. The van der Waals surface area contributed by atoms with Crippen LogP contribution in [0.15, 0.2) is 58.6 Å². The number of nitrogens with two attached hydrogens (primary N) is 1. The molecule has 214 valence electrons. The molecule has 2 aliphatic rings. The third-order valence-electron chi connectivity index (χ3n) is 8.00. The van der Waals surface area contributed by atoms with E-state index >= 15 is 0 Å². The second-order valence-electron chi connectivity index (χ2n) is 10.7. The van der Waals surface area contributed by atoms with Crippen LogP contribution in [-0.4, -0.2) is 51.4 Å². The third-order valence-corrected chi connectivity index (χ3v) is 9.37. The van der Waals surface area contributed by atoms with E-state index in [1.54, 1.807) is 37.3 Å². The monoisotopic (exact) mass is 578 g/mol. The summed E-state index contributed by atoms with van der Waals surface area (Å²) < 4.78 is 36.0. The van der Waals surface area contributed by atoms with Gasteiger partial charge in [-0.15, -0.1) is 11.8 Å². The van der Waals surface area contributed by atoms with Gasteiger partial charge in [-0.3, -0.25) is 9.69 Å². The lowest BCUT2D eigenvalue weighted by molar-refractivity contribution is 0.156. The molecule has 41 heavy (non-hydrogen) atoms. The van der Waals surface area contributed by atoms with Crippen LogP contribution in [0, 0.1) is 11.6 Å². The summed E-state index contributed by atoms with van der Waals surface area (Å²) in [6.07, 6.45) is 5.43. The van der Waals surface area contributed by atoms with Crippen LogP contribution < -0.4 is 20.8 Å². The van der Waals surface area contributed by atoms with Crippen LogP contribution in [0.5, 0.6) is 5.88 Å². The van der Waals surface area contributed by atoms with Crippen LogP contribution in [0.1, 0.15) is 36.9 Å². The highest BCUT2D eigenvalue weighted by Gasteiger charge is 2.31. The Labute approximate surface area is 241 Å². The molecule has 0 spiro atoms. The van der Waals surface area contributed by atoms with Crippen LogP contribution in [0.2, 0.25) is 0 Å². The molecule has 6 rings (SSSR count). The highest BCUT2D eigenvalue weighted by Crippen LogP contribution is 2.39. The number of ether oxygens (including phenoxy) is 1. The van der Waals surface area contributed by atoms with Gasteiger partial charge in [0.25, 0.3) is 0 Å². The Hall–Kier alpha value is -3.70. The molecule has 1 fully saturated rings. The van der Waals surface area contributed by atoms with E-state index in [2.05, 4.69) is 19.8 Å². The molecule has 2 aliphatic heterocycles. The largest absolute Gasteiger partial charge is 0.481 e. The van der Waals surface area contributed by atoms with Gasteiger partial charge in [-0.2, -0.15) is 0 Å². The minimum Gasteiger partial charge on any atom is -0.481 e. The highest BCUT2D eigenvalue weighted by atomic mass is 32.2. The Balaban J connectivity index is 1.41. The maximum Gasteiger partial charge on any atom is 0.213 e. The molecule has 0 amide bonds. The third kappa shape index (κ3) is 5.36. The SMILES string of the molecule is COc1cc(CN(Cc2c3n(c4cc(F)c(F)cc4c2=O)C(C)CS3)[C@H]2CCCN(c3ccc(N)nc3)C2)ccn1. The normalized spacial score (nSPS) is 18.7. The predicted molar refractivity (Wildman–Crippen MR) is 157 cm³/mol. The lowest BCUT2D eigenvalue weighted by atomic mass is 10.0. The molecule has 0 bridgehead atoms. The number of nitrogens with zero attached hydrogens (tertiary/aromatic N) is 5. The van der Waals surface area contributed by atoms with Crippen molar-refractivity contribution in [2.24, 2.45) is 0 Å². The van der Waals surface area contributed by atoms with E-state index in [9.17, 15) is 13.6 Å². The Morgan fingerprint density at radius 3 is 2.76 bits per heavy atom. The number of anilines is 2. The molecule has 11 heteroatoms. The van der Waals surface area contributed by atoms with Gasteiger partial charge in [-0.25, -0.2) is 18.7 Å². The number of rotatable bonds is 7. The van der Waals surface area contributed by atoms with Crippen molar-refractivity contribution in [1.29, 1.82) is 0 Å². The number of hydrogen-bond donors (Lipinski definition) is 1. The lowest BCUT2D eigenvalue weighted by Gasteiger charge is -2.40. The van der Waals surface area contributed by atoms with Gasteiger partial charge in [0.05, 0.1) is 29.5 Å². The fourth-order valence-electron chi connectivity index (χ4n) is 5.92. The summed E-state index contributed by atoms with van der Waals surface area (Å²) in [5.74, 6) is -0.206. The summed E-state index contributed by atoms with van der Waals surface area (Å²) >= 11 is 1.60. The van der Waals surface area contributed by atoms with Crippen LogP contribution in [0.25, 0.3) is 10.9 Å². The van der Waals surface area contributed by atoms with Crippen LogP contribution >= 0.6 is 11.8 Å². The first-order chi connectivity index (χ1) is 19.8. The number of nitrogen functional groups attached to an aromatic ring is 1. The summed E-state index contributed by atoms with van der Waals surface area (Å²) in [7, 11) is 1.59. The van der Waals surface area contributed by atoms with Crippen molar-refractivity contribution < 1.29 is 13.5 Å². The average Bonchev–Trinajstić information content (AvgIpc) is 3.37. The number of piperidine rings is 1. The van der Waals surface area contributed by atoms with E-state index in [1.807, 2.05) is 29.7 Å². The number of pyridine rings is 3. The number of benzene rings is 1.